The van der Waals surface area contributed by atoms with Gasteiger partial charge in [0.1, 0.15) is 18.1 Å². The van der Waals surface area contributed by atoms with Crippen molar-refractivity contribution in [2.75, 3.05) is 20.3 Å². The van der Waals surface area contributed by atoms with Crippen molar-refractivity contribution in [1.29, 1.82) is 0 Å². The molecular weight excluding hydrogens is 523 g/mol. The van der Waals surface area contributed by atoms with Crippen LogP contribution in [-0.2, 0) is 43.0 Å². The van der Waals surface area contributed by atoms with Crippen LogP contribution < -0.4 is 5.14 Å². The zero-order valence-electron chi connectivity index (χ0n) is 21.4. The molecule has 0 spiro atoms. The number of rotatable bonds is 9. The van der Waals surface area contributed by atoms with Gasteiger partial charge in [-0.1, -0.05) is 36.4 Å². The lowest BCUT2D eigenvalue weighted by Crippen LogP contribution is -2.35. The maximum atomic E-state index is 14.6. The number of ether oxygens (including phenoxy) is 3. The fraction of sp³-hybridized carbons (Fsp3) is 0.276. The van der Waals surface area contributed by atoms with E-state index in [1.165, 1.54) is 24.3 Å². The van der Waals surface area contributed by atoms with Gasteiger partial charge in [-0.25, -0.2) is 22.9 Å². The number of hydrogen-bond acceptors (Lipinski definition) is 7. The first kappa shape index (κ1) is 27.2. The lowest BCUT2D eigenvalue weighted by Gasteiger charge is -2.36. The summed E-state index contributed by atoms with van der Waals surface area (Å²) in [6.07, 6.45) is 1.29. The number of primary sulfonamides is 1. The van der Waals surface area contributed by atoms with Crippen LogP contribution in [0.3, 0.4) is 0 Å². The van der Waals surface area contributed by atoms with Crippen LogP contribution in [0.1, 0.15) is 29.9 Å². The van der Waals surface area contributed by atoms with E-state index in [-0.39, 0.29) is 23.9 Å². The molecule has 1 aliphatic heterocycles. The summed E-state index contributed by atoms with van der Waals surface area (Å²) in [5.41, 5.74) is 2.90. The molecule has 204 valence electrons. The third-order valence-corrected chi connectivity index (χ3v) is 7.76. The average molecular weight is 553 g/mol. The molecule has 10 heteroatoms. The molecule has 8 nitrogen and oxygen atoms in total. The maximum Gasteiger partial charge on any atom is 0.238 e. The van der Waals surface area contributed by atoms with Crippen LogP contribution in [0.25, 0.3) is 22.6 Å². The van der Waals surface area contributed by atoms with E-state index in [9.17, 15) is 12.8 Å². The molecule has 0 amide bonds. The van der Waals surface area contributed by atoms with Crippen molar-refractivity contribution in [3.63, 3.8) is 0 Å². The quantitative estimate of drug-likeness (QED) is 0.305. The Morgan fingerprint density at radius 1 is 0.974 bits per heavy atom. The Labute approximate surface area is 226 Å². The Morgan fingerprint density at radius 3 is 2.36 bits per heavy atom. The molecule has 0 bridgehead atoms. The highest BCUT2D eigenvalue weighted by Gasteiger charge is 2.35. The number of methoxy groups -OCH3 is 1. The standard InChI is InChI=1S/C29H29FN2O6S/c1-35-29(11-13-36-14-12-29)23-15-20(16-24(30)17-23)18-37-19-26-32-27(21-5-3-2-4-6-21)28(38-26)22-7-9-25(10-8-22)39(31,33)34/h2-10,15-17H,11-14,18-19H2,1H3,(H2,31,33,34). The number of nitrogens with two attached hydrogens (primary N) is 1. The molecule has 1 aliphatic rings. The van der Waals surface area contributed by atoms with Gasteiger partial charge in [-0.05, 0) is 47.5 Å². The molecule has 0 unspecified atom stereocenters. The first-order chi connectivity index (χ1) is 18.8. The minimum Gasteiger partial charge on any atom is -0.437 e. The van der Waals surface area contributed by atoms with Crippen LogP contribution in [0, 0.1) is 5.82 Å². The Hall–Kier alpha value is -3.41. The first-order valence-corrected chi connectivity index (χ1v) is 14.0. The van der Waals surface area contributed by atoms with Gasteiger partial charge in [-0.15, -0.1) is 0 Å². The number of halogens is 1. The predicted octanol–water partition coefficient (Wildman–Crippen LogP) is 5.16. The molecule has 1 saturated heterocycles. The second-order valence-corrected chi connectivity index (χ2v) is 10.9. The predicted molar refractivity (Wildman–Crippen MR) is 142 cm³/mol. The van der Waals surface area contributed by atoms with Gasteiger partial charge in [0.15, 0.2) is 5.76 Å². The molecule has 1 aromatic heterocycles. The fourth-order valence-electron chi connectivity index (χ4n) is 4.77. The lowest BCUT2D eigenvalue weighted by atomic mass is 9.85. The second-order valence-electron chi connectivity index (χ2n) is 9.37. The van der Waals surface area contributed by atoms with E-state index >= 15 is 0 Å². The van der Waals surface area contributed by atoms with Gasteiger partial charge in [0, 0.05) is 44.3 Å². The van der Waals surface area contributed by atoms with Crippen LogP contribution in [0.5, 0.6) is 0 Å². The minimum atomic E-state index is -3.82. The van der Waals surface area contributed by atoms with Gasteiger partial charge < -0.3 is 18.6 Å². The molecule has 1 fully saturated rings. The Kier molecular flexibility index (Phi) is 7.92. The highest BCUT2D eigenvalue weighted by atomic mass is 32.2. The monoisotopic (exact) mass is 552 g/mol. The zero-order chi connectivity index (χ0) is 27.5. The summed E-state index contributed by atoms with van der Waals surface area (Å²) in [5.74, 6) is 0.436. The number of aromatic nitrogens is 1. The van der Waals surface area contributed by atoms with Crippen LogP contribution in [-0.4, -0.2) is 33.7 Å². The van der Waals surface area contributed by atoms with Gasteiger partial charge in [0.2, 0.25) is 15.9 Å². The van der Waals surface area contributed by atoms with Crippen molar-refractivity contribution in [2.45, 2.75) is 36.6 Å². The van der Waals surface area contributed by atoms with E-state index in [4.69, 9.17) is 23.8 Å². The van der Waals surface area contributed by atoms with Gasteiger partial charge in [-0.3, -0.25) is 0 Å². The van der Waals surface area contributed by atoms with Crippen LogP contribution in [0.2, 0.25) is 0 Å². The van der Waals surface area contributed by atoms with E-state index in [0.717, 1.165) is 11.1 Å². The number of oxazole rings is 1. The van der Waals surface area contributed by atoms with Crippen molar-refractivity contribution in [2.24, 2.45) is 5.14 Å². The minimum absolute atomic E-state index is 0.000974. The smallest absolute Gasteiger partial charge is 0.238 e. The van der Waals surface area contributed by atoms with E-state index in [1.54, 1.807) is 19.2 Å². The Bertz CT molecular complexity index is 1530. The van der Waals surface area contributed by atoms with Gasteiger partial charge in [-0.2, -0.15) is 0 Å². The number of hydrogen-bond donors (Lipinski definition) is 1. The fourth-order valence-corrected chi connectivity index (χ4v) is 5.29. The lowest BCUT2D eigenvalue weighted by molar-refractivity contribution is -0.0950. The second kappa shape index (κ2) is 11.4. The van der Waals surface area contributed by atoms with Crippen LogP contribution >= 0.6 is 0 Å². The molecule has 0 atom stereocenters. The summed E-state index contributed by atoms with van der Waals surface area (Å²) in [5, 5.41) is 5.23. The number of nitrogens with zero attached hydrogens (tertiary/aromatic N) is 1. The first-order valence-electron chi connectivity index (χ1n) is 12.5. The molecule has 0 saturated carbocycles. The van der Waals surface area contributed by atoms with E-state index in [0.29, 0.717) is 54.5 Å². The van der Waals surface area contributed by atoms with E-state index in [1.807, 2.05) is 36.4 Å². The summed E-state index contributed by atoms with van der Waals surface area (Å²) in [4.78, 5) is 4.65. The Balaban J connectivity index is 1.37. The molecule has 0 radical (unpaired) electrons. The van der Waals surface area contributed by atoms with Gasteiger partial charge in [0.25, 0.3) is 0 Å². The summed E-state index contributed by atoms with van der Waals surface area (Å²) in [7, 11) is -2.19. The van der Waals surface area contributed by atoms with Crippen molar-refractivity contribution in [3.8, 4) is 22.6 Å². The van der Waals surface area contributed by atoms with Crippen LogP contribution in [0.15, 0.2) is 82.1 Å². The number of benzene rings is 3. The summed E-state index contributed by atoms with van der Waals surface area (Å²) in [6.45, 7) is 1.29. The van der Waals surface area contributed by atoms with Crippen molar-refractivity contribution >= 4 is 10.0 Å². The molecule has 4 aromatic rings. The van der Waals surface area contributed by atoms with Gasteiger partial charge >= 0.3 is 0 Å². The Morgan fingerprint density at radius 2 is 1.69 bits per heavy atom. The molecule has 0 aliphatic carbocycles. The van der Waals surface area contributed by atoms with Crippen molar-refractivity contribution in [1.82, 2.24) is 4.98 Å². The SMILES string of the molecule is COC1(c2cc(F)cc(COCc3nc(-c4ccccc4)c(-c4ccc(S(N)(=O)=O)cc4)o3)c2)CCOCC1. The highest BCUT2D eigenvalue weighted by Crippen LogP contribution is 2.37. The molecule has 2 N–H and O–H groups in total. The average Bonchev–Trinajstić information content (AvgIpc) is 3.37. The molecule has 39 heavy (non-hydrogen) atoms. The van der Waals surface area contributed by atoms with Crippen molar-refractivity contribution < 1.29 is 31.4 Å². The normalized spacial score (nSPS) is 15.4. The molecule has 5 rings (SSSR count). The highest BCUT2D eigenvalue weighted by molar-refractivity contribution is 7.89. The van der Waals surface area contributed by atoms with Crippen molar-refractivity contribution in [3.05, 3.63) is 95.6 Å². The third-order valence-electron chi connectivity index (χ3n) is 6.83. The molecule has 3 aromatic carbocycles. The third kappa shape index (κ3) is 6.10. The van der Waals surface area contributed by atoms with E-state index in [2.05, 4.69) is 4.98 Å². The van der Waals surface area contributed by atoms with Crippen LogP contribution in [0.4, 0.5) is 4.39 Å². The van der Waals surface area contributed by atoms with E-state index < -0.39 is 15.6 Å². The maximum absolute atomic E-state index is 14.6. The van der Waals surface area contributed by atoms with Gasteiger partial charge in [0.05, 0.1) is 17.1 Å². The molecule has 2 heterocycles. The topological polar surface area (TPSA) is 114 Å². The molecular formula is C29H29FN2O6S. The summed E-state index contributed by atoms with van der Waals surface area (Å²) < 4.78 is 61.1. The summed E-state index contributed by atoms with van der Waals surface area (Å²) >= 11 is 0. The zero-order valence-corrected chi connectivity index (χ0v) is 22.2. The summed E-state index contributed by atoms with van der Waals surface area (Å²) in [6, 6.07) is 20.4. The number of sulfonamides is 1. The largest absolute Gasteiger partial charge is 0.437 e.